The van der Waals surface area contributed by atoms with Crippen molar-refractivity contribution >= 4 is 12.2 Å². The molecule has 0 spiro atoms. The van der Waals surface area contributed by atoms with Gasteiger partial charge in [-0.15, -0.1) is 4.48 Å². The first kappa shape index (κ1) is 18.6. The van der Waals surface area contributed by atoms with Gasteiger partial charge in [-0.3, -0.25) is 0 Å². The first-order valence-corrected chi connectivity index (χ1v) is 5.64. The van der Waals surface area contributed by atoms with Crippen molar-refractivity contribution in [3.63, 3.8) is 0 Å². The maximum absolute atomic E-state index is 11.7. The number of unbranched alkanes of at least 4 members (excludes halogenated alkanes) is 2. The molecule has 0 aromatic heterocycles. The maximum atomic E-state index is 11.7. The standard InChI is InChI=1S/C11H22NO4.ClH/c1-5-7-8-9-12(3,10(13)15-4)11(14)16-6-2;/h5-9H2,1-4H3;1H/q+1;/p-1. The van der Waals surface area contributed by atoms with Gasteiger partial charge in [-0.2, -0.15) is 9.59 Å². The Morgan fingerprint density at radius 2 is 1.71 bits per heavy atom. The Kier molecular flexibility index (Phi) is 10.1. The van der Waals surface area contributed by atoms with Gasteiger partial charge in [0.15, 0.2) is 0 Å². The minimum atomic E-state index is -0.574. The summed E-state index contributed by atoms with van der Waals surface area (Å²) in [5.74, 6) is 0. The molecule has 1 unspecified atom stereocenters. The Hall–Kier alpha value is -0.810. The highest BCUT2D eigenvalue weighted by molar-refractivity contribution is 5.75. The Balaban J connectivity index is 0. The van der Waals surface area contributed by atoms with Crippen molar-refractivity contribution in [2.45, 2.75) is 33.1 Å². The number of methoxy groups -OCH3 is 1. The summed E-state index contributed by atoms with van der Waals surface area (Å²) >= 11 is 0. The lowest BCUT2D eigenvalue weighted by Crippen LogP contribution is -3.00. The van der Waals surface area contributed by atoms with E-state index in [1.807, 2.05) is 0 Å². The molecule has 0 saturated carbocycles. The average Bonchev–Trinajstić information content (AvgIpc) is 2.28. The molecule has 1 atom stereocenters. The van der Waals surface area contributed by atoms with Crippen molar-refractivity contribution in [3.8, 4) is 0 Å². The van der Waals surface area contributed by atoms with Gasteiger partial charge in [-0.25, -0.2) is 0 Å². The van der Waals surface area contributed by atoms with Gasteiger partial charge in [-0.05, 0) is 19.8 Å². The SMILES string of the molecule is CCCCC[N+](C)(C(=O)OC)C(=O)OCC.[Cl-]. The molecule has 0 radical (unpaired) electrons. The summed E-state index contributed by atoms with van der Waals surface area (Å²) in [4.78, 5) is 23.3. The summed E-state index contributed by atoms with van der Waals surface area (Å²) in [6.45, 7) is 4.45. The highest BCUT2D eigenvalue weighted by Crippen LogP contribution is 2.12. The van der Waals surface area contributed by atoms with E-state index in [9.17, 15) is 9.59 Å². The van der Waals surface area contributed by atoms with Crippen LogP contribution in [0.2, 0.25) is 0 Å². The van der Waals surface area contributed by atoms with Crippen molar-refractivity contribution in [3.05, 3.63) is 0 Å². The second kappa shape index (κ2) is 9.24. The molecule has 0 aliphatic rings. The number of nitrogens with zero attached hydrogens (tertiary/aromatic N) is 1. The van der Waals surface area contributed by atoms with Crippen LogP contribution in [0.5, 0.6) is 0 Å². The number of imide groups is 1. The molecular weight excluding hydrogens is 246 g/mol. The molecule has 0 saturated heterocycles. The fraction of sp³-hybridized carbons (Fsp3) is 0.818. The molecule has 0 rings (SSSR count). The molecule has 2 amide bonds. The van der Waals surface area contributed by atoms with Crippen molar-refractivity contribution in [2.24, 2.45) is 0 Å². The fourth-order valence-electron chi connectivity index (χ4n) is 1.40. The molecule has 0 heterocycles. The van der Waals surface area contributed by atoms with Crippen LogP contribution in [0.4, 0.5) is 9.59 Å². The van der Waals surface area contributed by atoms with E-state index in [1.165, 1.54) is 14.2 Å². The quantitative estimate of drug-likeness (QED) is 0.500. The zero-order valence-corrected chi connectivity index (χ0v) is 11.7. The number of carbonyl (C=O) groups is 2. The van der Waals surface area contributed by atoms with E-state index < -0.39 is 16.7 Å². The smallest absolute Gasteiger partial charge is 0.526 e. The second-order valence-electron chi connectivity index (χ2n) is 3.79. The third-order valence-corrected chi connectivity index (χ3v) is 2.46. The molecule has 6 heteroatoms. The van der Waals surface area contributed by atoms with Crippen LogP contribution in [-0.2, 0) is 9.47 Å². The van der Waals surface area contributed by atoms with Crippen LogP contribution < -0.4 is 12.4 Å². The predicted molar refractivity (Wildman–Crippen MR) is 60.0 cm³/mol. The topological polar surface area (TPSA) is 52.6 Å². The number of ether oxygens (including phenoxy) is 2. The fourth-order valence-corrected chi connectivity index (χ4v) is 1.40. The Bertz CT molecular complexity index is 248. The lowest BCUT2D eigenvalue weighted by atomic mass is 10.2. The molecule has 0 fully saturated rings. The van der Waals surface area contributed by atoms with Crippen molar-refractivity contribution in [1.29, 1.82) is 0 Å². The van der Waals surface area contributed by atoms with E-state index in [4.69, 9.17) is 4.74 Å². The summed E-state index contributed by atoms with van der Waals surface area (Å²) in [5, 5.41) is 0. The number of hydrogen-bond donors (Lipinski definition) is 0. The normalized spacial score (nSPS) is 13.2. The number of halogens is 1. The summed E-state index contributed by atoms with van der Waals surface area (Å²) < 4.78 is 9.10. The molecule has 0 bridgehead atoms. The van der Waals surface area contributed by atoms with E-state index in [2.05, 4.69) is 11.7 Å². The van der Waals surface area contributed by atoms with Crippen molar-refractivity contribution < 1.29 is 36.0 Å². The molecule has 0 aromatic carbocycles. The molecule has 0 aromatic rings. The molecule has 0 N–H and O–H groups in total. The lowest BCUT2D eigenvalue weighted by Gasteiger charge is -2.25. The third-order valence-electron chi connectivity index (χ3n) is 2.46. The zero-order chi connectivity index (χ0) is 12.6. The average molecular weight is 268 g/mol. The van der Waals surface area contributed by atoms with Crippen LogP contribution in [-0.4, -0.2) is 44.0 Å². The number of rotatable bonds is 5. The molecule has 0 aliphatic heterocycles. The number of amides is 2. The first-order valence-electron chi connectivity index (χ1n) is 5.64. The van der Waals surface area contributed by atoms with Gasteiger partial charge < -0.3 is 21.9 Å². The number of hydrogen-bond acceptors (Lipinski definition) is 4. The van der Waals surface area contributed by atoms with Crippen molar-refractivity contribution in [1.82, 2.24) is 0 Å². The van der Waals surface area contributed by atoms with Gasteiger partial charge in [0.2, 0.25) is 0 Å². The number of carbonyl (C=O) groups excluding carboxylic acids is 2. The maximum Gasteiger partial charge on any atom is 0.526 e. The van der Waals surface area contributed by atoms with Crippen LogP contribution in [0.1, 0.15) is 33.1 Å². The van der Waals surface area contributed by atoms with Gasteiger partial charge in [0.05, 0.1) is 27.3 Å². The minimum Gasteiger partial charge on any atom is -1.00 e. The summed E-state index contributed by atoms with van der Waals surface area (Å²) in [6.07, 6.45) is 1.68. The van der Waals surface area contributed by atoms with E-state index in [1.54, 1.807) is 6.92 Å². The van der Waals surface area contributed by atoms with Crippen molar-refractivity contribution in [2.75, 3.05) is 27.3 Å². The van der Waals surface area contributed by atoms with Gasteiger partial charge in [-0.1, -0.05) is 13.3 Å². The van der Waals surface area contributed by atoms with Crippen LogP contribution in [0.3, 0.4) is 0 Å². The lowest BCUT2D eigenvalue weighted by molar-refractivity contribution is -0.764. The minimum absolute atomic E-state index is 0. The summed E-state index contributed by atoms with van der Waals surface area (Å²) in [7, 11) is 2.80. The van der Waals surface area contributed by atoms with Gasteiger partial charge in [0, 0.05) is 0 Å². The molecular formula is C11H22ClNO4. The molecule has 102 valence electrons. The third kappa shape index (κ3) is 5.37. The highest BCUT2D eigenvalue weighted by atomic mass is 35.5. The molecule has 0 aliphatic carbocycles. The van der Waals surface area contributed by atoms with Crippen LogP contribution in [0, 0.1) is 0 Å². The van der Waals surface area contributed by atoms with E-state index >= 15 is 0 Å². The Morgan fingerprint density at radius 3 is 2.12 bits per heavy atom. The summed E-state index contributed by atoms with van der Waals surface area (Å²) in [5.41, 5.74) is 0. The molecule has 17 heavy (non-hydrogen) atoms. The second-order valence-corrected chi connectivity index (χ2v) is 3.79. The van der Waals surface area contributed by atoms with Gasteiger partial charge in [0.1, 0.15) is 0 Å². The van der Waals surface area contributed by atoms with Crippen LogP contribution >= 0.6 is 0 Å². The monoisotopic (exact) mass is 267 g/mol. The van der Waals surface area contributed by atoms with Crippen LogP contribution in [0.15, 0.2) is 0 Å². The summed E-state index contributed by atoms with van der Waals surface area (Å²) in [6, 6.07) is 0. The van der Waals surface area contributed by atoms with E-state index in [-0.39, 0.29) is 19.0 Å². The Morgan fingerprint density at radius 1 is 1.12 bits per heavy atom. The van der Waals surface area contributed by atoms with E-state index in [0.29, 0.717) is 6.54 Å². The van der Waals surface area contributed by atoms with E-state index in [0.717, 1.165) is 19.3 Å². The predicted octanol–water partition coefficient (Wildman–Crippen LogP) is -0.450. The highest BCUT2D eigenvalue weighted by Gasteiger charge is 2.43. The first-order chi connectivity index (χ1) is 7.52. The molecule has 5 nitrogen and oxygen atoms in total. The number of quaternary nitrogens is 1. The largest absolute Gasteiger partial charge is 1.00 e. The van der Waals surface area contributed by atoms with Crippen LogP contribution in [0.25, 0.3) is 0 Å². The van der Waals surface area contributed by atoms with Gasteiger partial charge in [0.25, 0.3) is 0 Å². The Labute approximate surface area is 109 Å². The van der Waals surface area contributed by atoms with Gasteiger partial charge >= 0.3 is 12.2 Å². The zero-order valence-electron chi connectivity index (χ0n) is 11.0.